The van der Waals surface area contributed by atoms with Crippen LogP contribution in [0.4, 0.5) is 0 Å². The zero-order valence-corrected chi connectivity index (χ0v) is 25.6. The third kappa shape index (κ3) is 22.2. The van der Waals surface area contributed by atoms with Crippen molar-refractivity contribution < 1.29 is 67.8 Å². The van der Waals surface area contributed by atoms with E-state index in [1.165, 1.54) is 20.8 Å². The van der Waals surface area contributed by atoms with Crippen molar-refractivity contribution in [1.82, 2.24) is 0 Å². The van der Waals surface area contributed by atoms with E-state index in [0.29, 0.717) is 5.75 Å². The smallest absolute Gasteiger partial charge is 0.333 e. The lowest BCUT2D eigenvalue weighted by atomic mass is 10.2. The number of rotatable bonds is 20. The molecule has 238 valence electrons. The van der Waals surface area contributed by atoms with Gasteiger partial charge < -0.3 is 34.3 Å². The van der Waals surface area contributed by atoms with Gasteiger partial charge in [-0.25, -0.2) is 9.59 Å². The van der Waals surface area contributed by atoms with Gasteiger partial charge >= 0.3 is 41.8 Å². The van der Waals surface area contributed by atoms with E-state index in [0.717, 1.165) is 23.5 Å². The van der Waals surface area contributed by atoms with Crippen molar-refractivity contribution in [3.8, 4) is 0 Å². The predicted octanol–water partition coefficient (Wildman–Crippen LogP) is 2.05. The Hall–Kier alpha value is -3.53. The minimum Gasteiger partial charge on any atom is -0.481 e. The summed E-state index contributed by atoms with van der Waals surface area (Å²) >= 11 is 2.01. The maximum Gasteiger partial charge on any atom is 0.333 e. The van der Waals surface area contributed by atoms with Crippen LogP contribution in [0.3, 0.4) is 0 Å². The number of carboxylic acids is 3. The molecule has 0 heterocycles. The number of esters is 4. The summed E-state index contributed by atoms with van der Waals surface area (Å²) in [4.78, 5) is 76.9. The summed E-state index contributed by atoms with van der Waals surface area (Å²) in [5, 5.41) is 24.8. The van der Waals surface area contributed by atoms with Gasteiger partial charge in [0.1, 0.15) is 31.7 Å². The van der Waals surface area contributed by atoms with Gasteiger partial charge in [-0.2, -0.15) is 0 Å². The van der Waals surface area contributed by atoms with Gasteiger partial charge in [-0.1, -0.05) is 27.0 Å². The lowest BCUT2D eigenvalue weighted by Gasteiger charge is -2.14. The number of ether oxygens (including phenoxy) is 4. The lowest BCUT2D eigenvalue weighted by molar-refractivity contribution is -0.152. The highest BCUT2D eigenvalue weighted by Crippen LogP contribution is 2.19. The molecular weight excluding hydrogens is 600 g/mol. The Morgan fingerprint density at radius 1 is 0.667 bits per heavy atom. The molecule has 0 amide bonds. The van der Waals surface area contributed by atoms with E-state index in [2.05, 4.69) is 13.2 Å². The average Bonchev–Trinajstić information content (AvgIpc) is 2.90. The van der Waals surface area contributed by atoms with Gasteiger partial charge in [-0.3, -0.25) is 24.0 Å². The number of hydrogen-bond acceptors (Lipinski definition) is 13. The average molecular weight is 639 g/mol. The monoisotopic (exact) mass is 638 g/mol. The molecule has 3 unspecified atom stereocenters. The molecule has 0 aromatic rings. The first-order valence-electron chi connectivity index (χ1n) is 12.3. The van der Waals surface area contributed by atoms with Crippen LogP contribution in [0, 0.1) is 11.8 Å². The van der Waals surface area contributed by atoms with Crippen LogP contribution in [0.25, 0.3) is 0 Å². The second kappa shape index (κ2) is 23.1. The fraction of sp³-hybridized carbons (Fsp3) is 0.577. The predicted molar refractivity (Wildman–Crippen MR) is 153 cm³/mol. The molecule has 0 saturated carbocycles. The van der Waals surface area contributed by atoms with E-state index in [1.807, 2.05) is 0 Å². The molecule has 0 rings (SSSR count). The molecule has 42 heavy (non-hydrogen) atoms. The normalized spacial score (nSPS) is 12.2. The molecule has 0 spiro atoms. The Bertz CT molecular complexity index is 978. The first kappa shape index (κ1) is 40.6. The summed E-state index contributed by atoms with van der Waals surface area (Å²) < 4.78 is 19.3. The third-order valence-corrected chi connectivity index (χ3v) is 7.05. The van der Waals surface area contributed by atoms with Crippen molar-refractivity contribution in [1.29, 1.82) is 0 Å². The van der Waals surface area contributed by atoms with E-state index >= 15 is 0 Å². The Morgan fingerprint density at radius 3 is 1.43 bits per heavy atom. The standard InChI is InChI=1S/C14H20O8S.C12H18O6S/c1-8(2)13(19)21-4-5-22-14(20)9(3)7-23-10(12(17)18)6-11(15)16;1-8(2)11(15)17-4-5-18-12(16)9(3)6-19-7-10(13)14/h9-10H,1,4-7H2,2-3H3,(H,15,16)(H,17,18);9H,1,4-7H2,2-3H3,(H,13,14). The highest BCUT2D eigenvalue weighted by molar-refractivity contribution is 8.00. The van der Waals surface area contributed by atoms with Gasteiger partial charge in [0.15, 0.2) is 0 Å². The number of carbonyl (C=O) groups excluding carboxylic acids is 4. The molecule has 0 aliphatic carbocycles. The van der Waals surface area contributed by atoms with Crippen molar-refractivity contribution in [2.24, 2.45) is 11.8 Å². The van der Waals surface area contributed by atoms with Crippen LogP contribution in [0.5, 0.6) is 0 Å². The minimum atomic E-state index is -1.25. The molecule has 16 heteroatoms. The summed E-state index contributed by atoms with van der Waals surface area (Å²) in [5.41, 5.74) is 0.518. The van der Waals surface area contributed by atoms with Gasteiger partial charge in [0.2, 0.25) is 0 Å². The summed E-state index contributed by atoms with van der Waals surface area (Å²) in [6, 6.07) is 0. The Balaban J connectivity index is 0. The number of thioether (sulfide) groups is 2. The Labute approximate surface area is 252 Å². The first-order valence-corrected chi connectivity index (χ1v) is 14.5. The van der Waals surface area contributed by atoms with Crippen molar-refractivity contribution in [2.45, 2.75) is 39.4 Å². The van der Waals surface area contributed by atoms with E-state index in [1.54, 1.807) is 6.92 Å². The van der Waals surface area contributed by atoms with Gasteiger partial charge in [0.25, 0.3) is 0 Å². The van der Waals surface area contributed by atoms with E-state index < -0.39 is 65.3 Å². The van der Waals surface area contributed by atoms with Crippen LogP contribution in [0.1, 0.15) is 34.1 Å². The molecule has 0 saturated heterocycles. The van der Waals surface area contributed by atoms with Crippen molar-refractivity contribution in [2.75, 3.05) is 43.7 Å². The summed E-state index contributed by atoms with van der Waals surface area (Å²) in [6.07, 6.45) is -0.529. The molecule has 14 nitrogen and oxygen atoms in total. The zero-order valence-electron chi connectivity index (χ0n) is 24.0. The fourth-order valence-corrected chi connectivity index (χ4v) is 4.02. The maximum atomic E-state index is 11.7. The molecule has 3 N–H and O–H groups in total. The molecule has 3 atom stereocenters. The van der Waals surface area contributed by atoms with Gasteiger partial charge in [-0.15, -0.1) is 23.5 Å². The number of hydrogen-bond donors (Lipinski definition) is 3. The van der Waals surface area contributed by atoms with E-state index in [4.69, 9.17) is 34.3 Å². The van der Waals surface area contributed by atoms with Gasteiger partial charge in [-0.05, 0) is 13.8 Å². The lowest BCUT2D eigenvalue weighted by Crippen LogP contribution is -2.25. The van der Waals surface area contributed by atoms with Crippen LogP contribution in [-0.4, -0.2) is 106 Å². The number of carboxylic acid groups (broad SMARTS) is 3. The second-order valence-corrected chi connectivity index (χ2v) is 10.9. The fourth-order valence-electron chi connectivity index (χ4n) is 2.18. The molecule has 0 aliphatic heterocycles. The molecule has 0 bridgehead atoms. The van der Waals surface area contributed by atoms with E-state index in [-0.39, 0.29) is 49.1 Å². The molecule has 0 aromatic carbocycles. The summed E-state index contributed by atoms with van der Waals surface area (Å²) in [7, 11) is 0. The molecular formula is C26H38O14S2. The number of carbonyl (C=O) groups is 7. The van der Waals surface area contributed by atoms with Gasteiger partial charge in [0.05, 0.1) is 24.0 Å². The minimum absolute atomic E-state index is 0.0214. The molecule has 0 fully saturated rings. The van der Waals surface area contributed by atoms with Crippen LogP contribution in [0.15, 0.2) is 24.3 Å². The highest BCUT2D eigenvalue weighted by atomic mass is 32.2. The third-order valence-electron chi connectivity index (χ3n) is 4.40. The highest BCUT2D eigenvalue weighted by Gasteiger charge is 2.24. The topological polar surface area (TPSA) is 217 Å². The maximum absolute atomic E-state index is 11.7. The molecule has 0 aromatic heterocycles. The Morgan fingerprint density at radius 2 is 1.07 bits per heavy atom. The van der Waals surface area contributed by atoms with Crippen LogP contribution in [0.2, 0.25) is 0 Å². The number of aliphatic carboxylic acids is 3. The summed E-state index contributed by atoms with van der Waals surface area (Å²) in [5.74, 6) is -6.11. The summed E-state index contributed by atoms with van der Waals surface area (Å²) in [6.45, 7) is 12.7. The Kier molecular flexibility index (Phi) is 22.3. The van der Waals surface area contributed by atoms with Crippen molar-refractivity contribution in [3.63, 3.8) is 0 Å². The van der Waals surface area contributed by atoms with E-state index in [9.17, 15) is 33.6 Å². The van der Waals surface area contributed by atoms with Crippen molar-refractivity contribution in [3.05, 3.63) is 24.3 Å². The molecule has 0 aliphatic rings. The first-order chi connectivity index (χ1) is 19.5. The van der Waals surface area contributed by atoms with Gasteiger partial charge in [0, 0.05) is 22.7 Å². The van der Waals surface area contributed by atoms with Crippen LogP contribution < -0.4 is 0 Å². The van der Waals surface area contributed by atoms with Crippen molar-refractivity contribution >= 4 is 65.3 Å². The quantitative estimate of drug-likeness (QED) is 0.0752. The zero-order chi connectivity index (χ0) is 32.8. The van der Waals surface area contributed by atoms with Crippen LogP contribution in [-0.2, 0) is 52.5 Å². The largest absolute Gasteiger partial charge is 0.481 e. The van der Waals surface area contributed by atoms with Crippen LogP contribution >= 0.6 is 23.5 Å². The SMILES string of the molecule is C=C(C)C(=O)OCCOC(=O)C(C)CSC(CC(=O)O)C(=O)O.C=C(C)C(=O)OCCOC(=O)C(C)CSCC(=O)O. The molecule has 0 radical (unpaired) electrons. The second-order valence-electron chi connectivity index (χ2n) is 8.64.